The van der Waals surface area contributed by atoms with E-state index < -0.39 is 0 Å². The quantitative estimate of drug-likeness (QED) is 0.692. The number of carbonyl (C=O) groups excluding carboxylic acids is 2. The van der Waals surface area contributed by atoms with Crippen LogP contribution in [0.25, 0.3) is 0 Å². The van der Waals surface area contributed by atoms with Gasteiger partial charge in [0.25, 0.3) is 11.5 Å². The fourth-order valence-electron chi connectivity index (χ4n) is 3.88. The third-order valence-electron chi connectivity index (χ3n) is 5.36. The Morgan fingerprint density at radius 1 is 1.10 bits per heavy atom. The lowest BCUT2D eigenvalue weighted by molar-refractivity contribution is -0.116. The van der Waals surface area contributed by atoms with Crippen molar-refractivity contribution in [2.24, 2.45) is 0 Å². The molecule has 2 aromatic carbocycles. The van der Waals surface area contributed by atoms with E-state index in [1.165, 1.54) is 16.8 Å². The van der Waals surface area contributed by atoms with Gasteiger partial charge in [0.15, 0.2) is 0 Å². The number of hydrogen-bond donors (Lipinski definition) is 1. The van der Waals surface area contributed by atoms with Crippen LogP contribution in [-0.2, 0) is 17.8 Å². The van der Waals surface area contributed by atoms with Gasteiger partial charge in [-0.25, -0.2) is 4.68 Å². The number of nitrogens with zero attached hydrogens (tertiary/aromatic N) is 3. The Morgan fingerprint density at radius 3 is 2.71 bits per heavy atom. The Kier molecular flexibility index (Phi) is 5.66. The SMILES string of the molecule is Cc1cccc(NC(=O)CCn2nc(C(=O)N3c4ccccc4C[C@@H]3C)ccc2=O)c1. The minimum absolute atomic E-state index is 0.00665. The Bertz CT molecular complexity index is 1200. The van der Waals surface area contributed by atoms with Crippen molar-refractivity contribution >= 4 is 23.2 Å². The van der Waals surface area contributed by atoms with Crippen LogP contribution in [0, 0.1) is 6.92 Å². The first kappa shape index (κ1) is 20.5. The van der Waals surface area contributed by atoms with Crippen LogP contribution in [0.1, 0.15) is 35.0 Å². The smallest absolute Gasteiger partial charge is 0.278 e. The minimum Gasteiger partial charge on any atom is -0.326 e. The van der Waals surface area contributed by atoms with Crippen molar-refractivity contribution in [3.8, 4) is 0 Å². The van der Waals surface area contributed by atoms with Gasteiger partial charge in [-0.1, -0.05) is 30.3 Å². The number of hydrogen-bond acceptors (Lipinski definition) is 4. The number of anilines is 2. The molecule has 7 heteroatoms. The second-order valence-electron chi connectivity index (χ2n) is 7.80. The van der Waals surface area contributed by atoms with Crippen LogP contribution in [0.5, 0.6) is 0 Å². The van der Waals surface area contributed by atoms with E-state index in [1.54, 1.807) is 4.90 Å². The fraction of sp³-hybridized carbons (Fsp3) is 0.250. The van der Waals surface area contributed by atoms with Gasteiger partial charge in [0.05, 0.1) is 6.54 Å². The lowest BCUT2D eigenvalue weighted by Gasteiger charge is -2.22. The van der Waals surface area contributed by atoms with E-state index in [1.807, 2.05) is 62.4 Å². The van der Waals surface area contributed by atoms with Gasteiger partial charge in [-0.15, -0.1) is 0 Å². The van der Waals surface area contributed by atoms with Crippen molar-refractivity contribution in [1.29, 1.82) is 0 Å². The topological polar surface area (TPSA) is 84.3 Å². The fourth-order valence-corrected chi connectivity index (χ4v) is 3.88. The zero-order chi connectivity index (χ0) is 22.0. The number of nitrogens with one attached hydrogen (secondary N) is 1. The molecule has 158 valence electrons. The predicted octanol–water partition coefficient (Wildman–Crippen LogP) is 3.17. The van der Waals surface area contributed by atoms with Crippen molar-refractivity contribution in [3.05, 3.63) is 87.8 Å². The molecular formula is C24H24N4O3. The second-order valence-corrected chi connectivity index (χ2v) is 7.80. The molecule has 2 heterocycles. The van der Waals surface area contributed by atoms with E-state index in [2.05, 4.69) is 10.4 Å². The number of rotatable bonds is 5. The summed E-state index contributed by atoms with van der Waals surface area (Å²) in [6.07, 6.45) is 0.849. The molecular weight excluding hydrogens is 392 g/mol. The van der Waals surface area contributed by atoms with E-state index >= 15 is 0 Å². The first-order valence-corrected chi connectivity index (χ1v) is 10.3. The molecule has 0 saturated carbocycles. The van der Waals surface area contributed by atoms with Gasteiger partial charge in [0, 0.05) is 29.9 Å². The average molecular weight is 416 g/mol. The first-order valence-electron chi connectivity index (χ1n) is 10.3. The van der Waals surface area contributed by atoms with Gasteiger partial charge < -0.3 is 10.2 Å². The third-order valence-corrected chi connectivity index (χ3v) is 5.36. The molecule has 1 aliphatic heterocycles. The predicted molar refractivity (Wildman–Crippen MR) is 119 cm³/mol. The molecule has 4 rings (SSSR count). The summed E-state index contributed by atoms with van der Waals surface area (Å²) in [6, 6.07) is 18.1. The van der Waals surface area contributed by atoms with Gasteiger partial charge in [0.1, 0.15) is 5.69 Å². The zero-order valence-electron chi connectivity index (χ0n) is 17.5. The maximum Gasteiger partial charge on any atom is 0.278 e. The minimum atomic E-state index is -0.352. The van der Waals surface area contributed by atoms with Crippen LogP contribution in [0.2, 0.25) is 0 Å². The second kappa shape index (κ2) is 8.55. The van der Waals surface area contributed by atoms with E-state index in [-0.39, 0.29) is 42.1 Å². The maximum atomic E-state index is 13.2. The van der Waals surface area contributed by atoms with Crippen LogP contribution in [0.15, 0.2) is 65.5 Å². The number of fused-ring (bicyclic) bond motifs is 1. The van der Waals surface area contributed by atoms with Crippen LogP contribution >= 0.6 is 0 Å². The molecule has 1 atom stereocenters. The van der Waals surface area contributed by atoms with Crippen molar-refractivity contribution in [1.82, 2.24) is 9.78 Å². The number of amides is 2. The highest BCUT2D eigenvalue weighted by atomic mass is 16.2. The molecule has 3 aromatic rings. The molecule has 0 radical (unpaired) electrons. The van der Waals surface area contributed by atoms with Gasteiger partial charge in [-0.3, -0.25) is 14.4 Å². The number of aromatic nitrogens is 2. The normalized spacial score (nSPS) is 14.9. The van der Waals surface area contributed by atoms with Gasteiger partial charge in [-0.05, 0) is 55.7 Å². The average Bonchev–Trinajstić information content (AvgIpc) is 3.08. The Labute approximate surface area is 180 Å². The van der Waals surface area contributed by atoms with Crippen LogP contribution in [-0.4, -0.2) is 27.6 Å². The molecule has 0 aliphatic carbocycles. The number of benzene rings is 2. The van der Waals surface area contributed by atoms with Crippen molar-refractivity contribution < 1.29 is 9.59 Å². The molecule has 0 bridgehead atoms. The standard InChI is InChI=1S/C24H24N4O3/c1-16-6-5-8-19(14-16)25-22(29)12-13-27-23(30)11-10-20(26-27)24(31)28-17(2)15-18-7-3-4-9-21(18)28/h3-11,14,17H,12-13,15H2,1-2H3,(H,25,29)/t17-/m0/s1. The van der Waals surface area contributed by atoms with E-state index in [9.17, 15) is 14.4 Å². The van der Waals surface area contributed by atoms with Crippen molar-refractivity contribution in [2.75, 3.05) is 10.2 Å². The summed E-state index contributed by atoms with van der Waals surface area (Å²) in [5.74, 6) is -0.478. The van der Waals surface area contributed by atoms with Crippen LogP contribution in [0.3, 0.4) is 0 Å². The summed E-state index contributed by atoms with van der Waals surface area (Å²) in [4.78, 5) is 39.4. The molecule has 1 N–H and O–H groups in total. The lowest BCUT2D eigenvalue weighted by Crippen LogP contribution is -2.37. The van der Waals surface area contributed by atoms with Gasteiger partial charge in [0.2, 0.25) is 5.91 Å². The van der Waals surface area contributed by atoms with E-state index in [4.69, 9.17) is 0 Å². The monoisotopic (exact) mass is 416 g/mol. The van der Waals surface area contributed by atoms with Crippen molar-refractivity contribution in [2.45, 2.75) is 39.3 Å². The maximum absolute atomic E-state index is 13.2. The molecule has 7 nitrogen and oxygen atoms in total. The van der Waals surface area contributed by atoms with Crippen LogP contribution in [0.4, 0.5) is 11.4 Å². The van der Waals surface area contributed by atoms with Crippen molar-refractivity contribution in [3.63, 3.8) is 0 Å². The summed E-state index contributed by atoms with van der Waals surface area (Å²) in [7, 11) is 0. The zero-order valence-corrected chi connectivity index (χ0v) is 17.5. The molecule has 0 unspecified atom stereocenters. The molecule has 0 saturated heterocycles. The molecule has 31 heavy (non-hydrogen) atoms. The highest BCUT2D eigenvalue weighted by molar-refractivity contribution is 6.06. The van der Waals surface area contributed by atoms with Gasteiger partial charge in [-0.2, -0.15) is 5.10 Å². The van der Waals surface area contributed by atoms with Gasteiger partial charge >= 0.3 is 0 Å². The Morgan fingerprint density at radius 2 is 1.90 bits per heavy atom. The largest absolute Gasteiger partial charge is 0.326 e. The highest BCUT2D eigenvalue weighted by Crippen LogP contribution is 2.32. The summed E-state index contributed by atoms with van der Waals surface area (Å²) < 4.78 is 1.18. The lowest BCUT2D eigenvalue weighted by atomic mass is 10.1. The molecule has 2 amide bonds. The highest BCUT2D eigenvalue weighted by Gasteiger charge is 2.32. The summed E-state index contributed by atoms with van der Waals surface area (Å²) >= 11 is 0. The summed E-state index contributed by atoms with van der Waals surface area (Å²) in [6.45, 7) is 4.02. The number of para-hydroxylation sites is 1. The number of aryl methyl sites for hydroxylation is 2. The molecule has 1 aliphatic rings. The molecule has 0 spiro atoms. The first-order chi connectivity index (χ1) is 14.9. The van der Waals surface area contributed by atoms with Crippen LogP contribution < -0.4 is 15.8 Å². The van der Waals surface area contributed by atoms with E-state index in [0.29, 0.717) is 5.69 Å². The summed E-state index contributed by atoms with van der Waals surface area (Å²) in [5.41, 5.74) is 3.56. The summed E-state index contributed by atoms with van der Waals surface area (Å²) in [5, 5.41) is 7.06. The Balaban J connectivity index is 1.48. The number of carbonyl (C=O) groups is 2. The third kappa shape index (κ3) is 4.40. The molecule has 0 fully saturated rings. The van der Waals surface area contributed by atoms with E-state index in [0.717, 1.165) is 23.2 Å². The Hall–Kier alpha value is -3.74. The molecule has 1 aromatic heterocycles.